The Hall–Kier alpha value is -2.49. The second-order valence-corrected chi connectivity index (χ2v) is 6.74. The largest absolute Gasteiger partial charge is 0.493 e. The van der Waals surface area contributed by atoms with E-state index in [9.17, 15) is 4.79 Å². The van der Waals surface area contributed by atoms with Crippen molar-refractivity contribution in [2.24, 2.45) is 0 Å². The first-order valence-electron chi connectivity index (χ1n) is 9.30. The Labute approximate surface area is 155 Å². The van der Waals surface area contributed by atoms with E-state index < -0.39 is 0 Å². The zero-order valence-electron chi connectivity index (χ0n) is 15.8. The minimum atomic E-state index is -0.0710. The third-order valence-corrected chi connectivity index (χ3v) is 5.13. The van der Waals surface area contributed by atoms with Gasteiger partial charge in [-0.15, -0.1) is 0 Å². The van der Waals surface area contributed by atoms with Gasteiger partial charge in [-0.2, -0.15) is 0 Å². The maximum Gasteiger partial charge on any atom is 0.251 e. The molecule has 0 aromatic heterocycles. The molecule has 2 aromatic rings. The lowest BCUT2D eigenvalue weighted by Crippen LogP contribution is -2.28. The van der Waals surface area contributed by atoms with E-state index in [4.69, 9.17) is 9.47 Å². The Morgan fingerprint density at radius 1 is 1.00 bits per heavy atom. The van der Waals surface area contributed by atoms with E-state index in [-0.39, 0.29) is 11.9 Å². The summed E-state index contributed by atoms with van der Waals surface area (Å²) in [5.74, 6) is 1.33. The smallest absolute Gasteiger partial charge is 0.251 e. The zero-order valence-corrected chi connectivity index (χ0v) is 15.8. The van der Waals surface area contributed by atoms with Gasteiger partial charge in [0.25, 0.3) is 5.91 Å². The van der Waals surface area contributed by atoms with Crippen LogP contribution in [0.2, 0.25) is 0 Å². The van der Waals surface area contributed by atoms with Gasteiger partial charge in [0, 0.05) is 5.56 Å². The Morgan fingerprint density at radius 3 is 2.42 bits per heavy atom. The molecule has 4 nitrogen and oxygen atoms in total. The molecule has 0 fully saturated rings. The number of amides is 1. The summed E-state index contributed by atoms with van der Waals surface area (Å²) in [5.41, 5.74) is 4.46. The van der Waals surface area contributed by atoms with Crippen LogP contribution in [0.1, 0.15) is 59.3 Å². The average Bonchev–Trinajstić information content (AvgIpc) is 2.70. The third kappa shape index (κ3) is 3.85. The third-order valence-electron chi connectivity index (χ3n) is 5.13. The normalized spacial score (nSPS) is 14.3. The quantitative estimate of drug-likeness (QED) is 0.834. The lowest BCUT2D eigenvalue weighted by molar-refractivity contribution is 0.0935. The molecule has 0 saturated heterocycles. The Morgan fingerprint density at radius 2 is 1.73 bits per heavy atom. The molecule has 26 heavy (non-hydrogen) atoms. The lowest BCUT2D eigenvalue weighted by atomic mass is 9.90. The van der Waals surface area contributed by atoms with E-state index in [1.165, 1.54) is 24.0 Å². The van der Waals surface area contributed by atoms with Crippen LogP contribution < -0.4 is 14.8 Å². The maximum atomic E-state index is 12.8. The van der Waals surface area contributed by atoms with Crippen molar-refractivity contribution in [2.75, 3.05) is 14.2 Å². The Balaban J connectivity index is 1.78. The average molecular weight is 353 g/mol. The number of hydrogen-bond acceptors (Lipinski definition) is 3. The number of methoxy groups -OCH3 is 2. The molecule has 0 unspecified atom stereocenters. The number of carbonyl (C=O) groups excluding carboxylic acids is 1. The number of carbonyl (C=O) groups is 1. The zero-order chi connectivity index (χ0) is 18.5. The van der Waals surface area contributed by atoms with Crippen LogP contribution in [-0.4, -0.2) is 20.1 Å². The van der Waals surface area contributed by atoms with Crippen molar-refractivity contribution in [1.82, 2.24) is 5.32 Å². The molecule has 0 heterocycles. The van der Waals surface area contributed by atoms with Gasteiger partial charge < -0.3 is 14.8 Å². The Kier molecular flexibility index (Phi) is 5.82. The molecule has 1 aliphatic rings. The number of nitrogens with one attached hydrogen (secondary N) is 1. The molecular formula is C22H27NO3. The molecule has 0 bridgehead atoms. The molecule has 0 radical (unpaired) electrons. The summed E-state index contributed by atoms with van der Waals surface area (Å²) in [7, 11) is 3.24. The fourth-order valence-electron chi connectivity index (χ4n) is 3.61. The first-order valence-corrected chi connectivity index (χ1v) is 9.30. The van der Waals surface area contributed by atoms with Crippen molar-refractivity contribution in [3.63, 3.8) is 0 Å². The van der Waals surface area contributed by atoms with Gasteiger partial charge in [-0.25, -0.2) is 0 Å². The number of benzene rings is 2. The van der Waals surface area contributed by atoms with Gasteiger partial charge in [0.15, 0.2) is 11.5 Å². The van der Waals surface area contributed by atoms with Crippen LogP contribution in [0, 0.1) is 0 Å². The van der Waals surface area contributed by atoms with E-state index in [1.54, 1.807) is 14.2 Å². The predicted octanol–water partition coefficient (Wildman–Crippen LogP) is 4.46. The van der Waals surface area contributed by atoms with Crippen molar-refractivity contribution in [2.45, 2.75) is 45.1 Å². The molecule has 1 atom stereocenters. The highest BCUT2D eigenvalue weighted by Crippen LogP contribution is 2.31. The topological polar surface area (TPSA) is 47.6 Å². The lowest BCUT2D eigenvalue weighted by Gasteiger charge is -2.20. The van der Waals surface area contributed by atoms with E-state index in [1.807, 2.05) is 24.3 Å². The number of rotatable bonds is 6. The highest BCUT2D eigenvalue weighted by atomic mass is 16.5. The fraction of sp³-hybridized carbons (Fsp3) is 0.409. The first-order chi connectivity index (χ1) is 12.7. The van der Waals surface area contributed by atoms with Crippen LogP contribution >= 0.6 is 0 Å². The molecule has 138 valence electrons. The Bertz CT molecular complexity index is 785. The monoisotopic (exact) mass is 353 g/mol. The summed E-state index contributed by atoms with van der Waals surface area (Å²) in [6, 6.07) is 11.8. The number of aryl methyl sites for hydroxylation is 2. The summed E-state index contributed by atoms with van der Waals surface area (Å²) in [4.78, 5) is 12.8. The maximum absolute atomic E-state index is 12.8. The van der Waals surface area contributed by atoms with Crippen molar-refractivity contribution in [3.8, 4) is 11.5 Å². The molecule has 0 aliphatic heterocycles. The molecule has 3 rings (SSSR count). The SMILES string of the molecule is CC[C@H](NC(=O)c1ccc2c(c1)CCCC2)c1ccc(OC)c(OC)c1. The minimum Gasteiger partial charge on any atom is -0.493 e. The molecule has 1 N–H and O–H groups in total. The first kappa shape index (κ1) is 18.3. The van der Waals surface area contributed by atoms with Gasteiger partial charge in [-0.05, 0) is 73.1 Å². The number of hydrogen-bond donors (Lipinski definition) is 1. The summed E-state index contributed by atoms with van der Waals surface area (Å²) in [5, 5.41) is 3.16. The van der Waals surface area contributed by atoms with Gasteiger partial charge in [0.2, 0.25) is 0 Å². The molecule has 1 aliphatic carbocycles. The van der Waals surface area contributed by atoms with Crippen molar-refractivity contribution < 1.29 is 14.3 Å². The standard InChI is InChI=1S/C22H27NO3/c1-4-19(17-11-12-20(25-2)21(14-17)26-3)23-22(24)18-10-9-15-7-5-6-8-16(15)13-18/h9-14,19H,4-8H2,1-3H3,(H,23,24)/t19-/m0/s1. The summed E-state index contributed by atoms with van der Waals surface area (Å²) >= 11 is 0. The van der Waals surface area contributed by atoms with E-state index in [0.717, 1.165) is 30.4 Å². The van der Waals surface area contributed by atoms with Gasteiger partial charge in [0.1, 0.15) is 0 Å². The van der Waals surface area contributed by atoms with Crippen molar-refractivity contribution >= 4 is 5.91 Å². The number of ether oxygens (including phenoxy) is 2. The second kappa shape index (κ2) is 8.26. The van der Waals surface area contributed by atoms with Crippen molar-refractivity contribution in [3.05, 3.63) is 58.7 Å². The van der Waals surface area contributed by atoms with Crippen LogP contribution in [0.3, 0.4) is 0 Å². The molecular weight excluding hydrogens is 326 g/mol. The van der Waals surface area contributed by atoms with Gasteiger partial charge in [-0.1, -0.05) is 19.1 Å². The molecule has 0 spiro atoms. The predicted molar refractivity (Wildman–Crippen MR) is 103 cm³/mol. The van der Waals surface area contributed by atoms with Crippen LogP contribution in [0.15, 0.2) is 36.4 Å². The van der Waals surface area contributed by atoms with E-state index in [2.05, 4.69) is 24.4 Å². The van der Waals surface area contributed by atoms with Crippen LogP contribution in [0.5, 0.6) is 11.5 Å². The van der Waals surface area contributed by atoms with Crippen LogP contribution in [0.4, 0.5) is 0 Å². The van der Waals surface area contributed by atoms with Crippen LogP contribution in [0.25, 0.3) is 0 Å². The number of fused-ring (bicyclic) bond motifs is 1. The summed E-state index contributed by atoms with van der Waals surface area (Å²) in [6.45, 7) is 2.06. The van der Waals surface area contributed by atoms with Crippen LogP contribution in [-0.2, 0) is 12.8 Å². The highest BCUT2D eigenvalue weighted by molar-refractivity contribution is 5.94. The van der Waals surface area contributed by atoms with Crippen molar-refractivity contribution in [1.29, 1.82) is 0 Å². The highest BCUT2D eigenvalue weighted by Gasteiger charge is 2.18. The molecule has 1 amide bonds. The molecule has 0 saturated carbocycles. The van der Waals surface area contributed by atoms with E-state index >= 15 is 0 Å². The van der Waals surface area contributed by atoms with Gasteiger partial charge in [0.05, 0.1) is 20.3 Å². The second-order valence-electron chi connectivity index (χ2n) is 6.74. The van der Waals surface area contributed by atoms with E-state index in [0.29, 0.717) is 11.5 Å². The van der Waals surface area contributed by atoms with Gasteiger partial charge in [-0.3, -0.25) is 4.79 Å². The fourth-order valence-corrected chi connectivity index (χ4v) is 3.61. The summed E-state index contributed by atoms with van der Waals surface area (Å²) < 4.78 is 10.7. The summed E-state index contributed by atoms with van der Waals surface area (Å²) in [6.07, 6.45) is 5.45. The molecule has 2 aromatic carbocycles. The molecule has 4 heteroatoms. The van der Waals surface area contributed by atoms with Gasteiger partial charge >= 0.3 is 0 Å². The minimum absolute atomic E-state index is 0.0278.